The summed E-state index contributed by atoms with van der Waals surface area (Å²) in [7, 11) is 0. The van der Waals surface area contributed by atoms with Crippen LogP contribution in [0.2, 0.25) is 0 Å². The first-order valence-corrected chi connectivity index (χ1v) is 10.7. The normalized spacial score (nSPS) is 17.5. The summed E-state index contributed by atoms with van der Waals surface area (Å²) in [5, 5.41) is 0. The van der Waals surface area contributed by atoms with Crippen LogP contribution in [-0.2, 0) is 4.79 Å². The zero-order chi connectivity index (χ0) is 20.1. The Morgan fingerprint density at radius 3 is 1.93 bits per heavy atom. The van der Waals surface area contributed by atoms with Gasteiger partial charge in [-0.1, -0.05) is 42.5 Å². The zero-order valence-corrected chi connectivity index (χ0v) is 16.9. The summed E-state index contributed by atoms with van der Waals surface area (Å²) >= 11 is 0. The van der Waals surface area contributed by atoms with Gasteiger partial charge in [0.2, 0.25) is 5.91 Å². The fraction of sp³-hybridized carbons (Fsp3) is 0.417. The van der Waals surface area contributed by atoms with Gasteiger partial charge in [0.15, 0.2) is 0 Å². The highest BCUT2D eigenvalue weighted by Crippen LogP contribution is 2.20. The molecule has 0 spiro atoms. The van der Waals surface area contributed by atoms with Crippen molar-refractivity contribution >= 4 is 11.8 Å². The lowest BCUT2D eigenvalue weighted by atomic mass is 10.0. The summed E-state index contributed by atoms with van der Waals surface area (Å²) in [6.45, 7) is 5.59. The predicted molar refractivity (Wildman–Crippen MR) is 115 cm³/mol. The van der Waals surface area contributed by atoms with Crippen molar-refractivity contribution in [2.45, 2.75) is 19.3 Å². The predicted octanol–water partition coefficient (Wildman–Crippen LogP) is 3.12. The fourth-order valence-corrected chi connectivity index (χ4v) is 4.20. The van der Waals surface area contributed by atoms with Gasteiger partial charge in [-0.2, -0.15) is 0 Å². The second-order valence-electron chi connectivity index (χ2n) is 7.92. The highest BCUT2D eigenvalue weighted by atomic mass is 16.2. The van der Waals surface area contributed by atoms with E-state index in [4.69, 9.17) is 0 Å². The van der Waals surface area contributed by atoms with Crippen LogP contribution in [-0.4, -0.2) is 72.3 Å². The van der Waals surface area contributed by atoms with Crippen LogP contribution in [0.15, 0.2) is 54.6 Å². The summed E-state index contributed by atoms with van der Waals surface area (Å²) in [6.07, 6.45) is 3.09. The van der Waals surface area contributed by atoms with Crippen LogP contribution in [0.4, 0.5) is 0 Å². The molecule has 5 heteroatoms. The molecule has 2 amide bonds. The molecule has 2 heterocycles. The highest BCUT2D eigenvalue weighted by molar-refractivity contribution is 5.95. The molecule has 0 N–H and O–H groups in total. The molecule has 0 atom stereocenters. The van der Waals surface area contributed by atoms with E-state index in [0.29, 0.717) is 38.2 Å². The average molecular weight is 392 g/mol. The van der Waals surface area contributed by atoms with Crippen molar-refractivity contribution in [2.24, 2.45) is 0 Å². The number of amides is 2. The largest absolute Gasteiger partial charge is 0.339 e. The van der Waals surface area contributed by atoms with E-state index in [1.54, 1.807) is 0 Å². The van der Waals surface area contributed by atoms with Crippen LogP contribution in [0.1, 0.15) is 29.6 Å². The lowest BCUT2D eigenvalue weighted by Crippen LogP contribution is -2.51. The van der Waals surface area contributed by atoms with Crippen LogP contribution in [0.5, 0.6) is 0 Å². The minimum atomic E-state index is 0.0498. The van der Waals surface area contributed by atoms with Crippen molar-refractivity contribution in [3.63, 3.8) is 0 Å². The molecule has 0 radical (unpaired) electrons. The van der Waals surface area contributed by atoms with E-state index in [-0.39, 0.29) is 11.8 Å². The Kier molecular flexibility index (Phi) is 6.25. The molecule has 4 rings (SSSR count). The number of benzene rings is 2. The van der Waals surface area contributed by atoms with Crippen LogP contribution in [0, 0.1) is 0 Å². The van der Waals surface area contributed by atoms with E-state index >= 15 is 0 Å². The highest BCUT2D eigenvalue weighted by Gasteiger charge is 2.25. The van der Waals surface area contributed by atoms with Gasteiger partial charge in [0.1, 0.15) is 0 Å². The number of carbonyl (C=O) groups excluding carboxylic acids is 2. The molecule has 2 aromatic rings. The average Bonchev–Trinajstić information content (AvgIpc) is 3.31. The van der Waals surface area contributed by atoms with Crippen molar-refractivity contribution in [1.29, 1.82) is 0 Å². The molecule has 0 saturated carbocycles. The van der Waals surface area contributed by atoms with Gasteiger partial charge in [-0.05, 0) is 49.2 Å². The molecule has 152 valence electrons. The standard InChI is InChI=1S/C24H29N3O2/c28-23(12-15-25-13-4-5-14-25)26-16-18-27(19-17-26)24(29)22-10-8-21(9-11-22)20-6-2-1-3-7-20/h1-3,6-11H,4-5,12-19H2. The second kappa shape index (κ2) is 9.23. The number of hydrogen-bond acceptors (Lipinski definition) is 3. The van der Waals surface area contributed by atoms with Gasteiger partial charge < -0.3 is 14.7 Å². The lowest BCUT2D eigenvalue weighted by molar-refractivity contribution is -0.133. The van der Waals surface area contributed by atoms with E-state index in [2.05, 4.69) is 17.0 Å². The SMILES string of the molecule is O=C(CCN1CCCC1)N1CCN(C(=O)c2ccc(-c3ccccc3)cc2)CC1. The van der Waals surface area contributed by atoms with Gasteiger partial charge in [0, 0.05) is 44.7 Å². The minimum Gasteiger partial charge on any atom is -0.339 e. The van der Waals surface area contributed by atoms with Crippen LogP contribution in [0.25, 0.3) is 11.1 Å². The molecule has 0 aliphatic carbocycles. The lowest BCUT2D eigenvalue weighted by Gasteiger charge is -2.35. The molecular formula is C24H29N3O2. The van der Waals surface area contributed by atoms with Gasteiger partial charge in [0.25, 0.3) is 5.91 Å². The number of hydrogen-bond donors (Lipinski definition) is 0. The van der Waals surface area contributed by atoms with Gasteiger partial charge >= 0.3 is 0 Å². The van der Waals surface area contributed by atoms with Crippen LogP contribution in [0.3, 0.4) is 0 Å². The number of piperazine rings is 1. The van der Waals surface area contributed by atoms with E-state index in [1.165, 1.54) is 12.8 Å². The number of likely N-dealkylation sites (tertiary alicyclic amines) is 1. The maximum Gasteiger partial charge on any atom is 0.253 e. The van der Waals surface area contributed by atoms with E-state index in [1.807, 2.05) is 52.3 Å². The first-order valence-electron chi connectivity index (χ1n) is 10.7. The van der Waals surface area contributed by atoms with Gasteiger partial charge in [-0.25, -0.2) is 0 Å². The maximum absolute atomic E-state index is 12.8. The summed E-state index contributed by atoms with van der Waals surface area (Å²) < 4.78 is 0. The van der Waals surface area contributed by atoms with E-state index in [9.17, 15) is 9.59 Å². The molecule has 2 fully saturated rings. The first kappa shape index (κ1) is 19.6. The van der Waals surface area contributed by atoms with Crippen molar-refractivity contribution in [1.82, 2.24) is 14.7 Å². The Morgan fingerprint density at radius 1 is 0.690 bits per heavy atom. The topological polar surface area (TPSA) is 43.9 Å². The number of nitrogens with zero attached hydrogens (tertiary/aromatic N) is 3. The van der Waals surface area contributed by atoms with Gasteiger partial charge in [0.05, 0.1) is 0 Å². The molecule has 2 saturated heterocycles. The first-order chi connectivity index (χ1) is 14.2. The molecule has 2 aliphatic rings. The van der Waals surface area contributed by atoms with Crippen molar-refractivity contribution in [3.8, 4) is 11.1 Å². The van der Waals surface area contributed by atoms with E-state index in [0.717, 1.165) is 30.8 Å². The third-order valence-corrected chi connectivity index (χ3v) is 6.00. The Balaban J connectivity index is 1.28. The van der Waals surface area contributed by atoms with Gasteiger partial charge in [-0.15, -0.1) is 0 Å². The summed E-state index contributed by atoms with van der Waals surface area (Å²) in [6, 6.07) is 18.0. The molecule has 29 heavy (non-hydrogen) atoms. The van der Waals surface area contributed by atoms with Gasteiger partial charge in [-0.3, -0.25) is 9.59 Å². The summed E-state index contributed by atoms with van der Waals surface area (Å²) in [5.41, 5.74) is 2.96. The second-order valence-corrected chi connectivity index (χ2v) is 7.92. The van der Waals surface area contributed by atoms with Crippen LogP contribution >= 0.6 is 0 Å². The molecule has 5 nitrogen and oxygen atoms in total. The molecule has 2 aromatic carbocycles. The van der Waals surface area contributed by atoms with Crippen molar-refractivity contribution in [3.05, 3.63) is 60.2 Å². The summed E-state index contributed by atoms with van der Waals surface area (Å²) in [5.74, 6) is 0.269. The number of rotatable bonds is 5. The molecule has 2 aliphatic heterocycles. The number of carbonyl (C=O) groups is 2. The monoisotopic (exact) mass is 391 g/mol. The Morgan fingerprint density at radius 2 is 1.28 bits per heavy atom. The molecule has 0 unspecified atom stereocenters. The molecular weight excluding hydrogens is 362 g/mol. The van der Waals surface area contributed by atoms with E-state index < -0.39 is 0 Å². The zero-order valence-electron chi connectivity index (χ0n) is 16.9. The Bertz CT molecular complexity index is 821. The third-order valence-electron chi connectivity index (χ3n) is 6.00. The van der Waals surface area contributed by atoms with Crippen molar-refractivity contribution in [2.75, 3.05) is 45.8 Å². The summed E-state index contributed by atoms with van der Waals surface area (Å²) in [4.78, 5) is 31.5. The maximum atomic E-state index is 12.8. The Hall–Kier alpha value is -2.66. The third kappa shape index (κ3) is 4.85. The Labute approximate surface area is 172 Å². The quantitative estimate of drug-likeness (QED) is 0.787. The molecule has 0 aromatic heterocycles. The van der Waals surface area contributed by atoms with Crippen molar-refractivity contribution < 1.29 is 9.59 Å². The molecule has 0 bridgehead atoms. The fourth-order valence-electron chi connectivity index (χ4n) is 4.20. The van der Waals surface area contributed by atoms with Crippen LogP contribution < -0.4 is 0 Å². The minimum absolute atomic E-state index is 0.0498. The smallest absolute Gasteiger partial charge is 0.253 e.